The van der Waals surface area contributed by atoms with Crippen molar-refractivity contribution in [1.29, 1.82) is 0 Å². The van der Waals surface area contributed by atoms with Crippen LogP contribution in [0.4, 0.5) is 18.9 Å². The van der Waals surface area contributed by atoms with Crippen LogP contribution in [-0.4, -0.2) is 18.5 Å². The fourth-order valence-corrected chi connectivity index (χ4v) is 1.50. The van der Waals surface area contributed by atoms with Gasteiger partial charge < -0.3 is 10.6 Å². The van der Waals surface area contributed by atoms with Gasteiger partial charge >= 0.3 is 0 Å². The highest BCUT2D eigenvalue weighted by Crippen LogP contribution is 2.19. The van der Waals surface area contributed by atoms with Crippen molar-refractivity contribution in [2.24, 2.45) is 0 Å². The minimum atomic E-state index is -1.32. The van der Waals surface area contributed by atoms with Crippen LogP contribution in [0.15, 0.2) is 12.1 Å². The Morgan fingerprint density at radius 3 is 2.58 bits per heavy atom. The summed E-state index contributed by atoms with van der Waals surface area (Å²) in [5.74, 6) is -3.99. The van der Waals surface area contributed by atoms with E-state index < -0.39 is 29.0 Å². The van der Waals surface area contributed by atoms with Gasteiger partial charge in [-0.2, -0.15) is 0 Å². The van der Waals surface area contributed by atoms with E-state index in [1.54, 1.807) is 0 Å². The van der Waals surface area contributed by atoms with Crippen molar-refractivity contribution in [3.8, 4) is 0 Å². The van der Waals surface area contributed by atoms with Gasteiger partial charge in [0.15, 0.2) is 11.6 Å². The summed E-state index contributed by atoms with van der Waals surface area (Å²) < 4.78 is 39.1. The Kier molecular flexibility index (Phi) is 5.82. The van der Waals surface area contributed by atoms with Crippen LogP contribution in [0.3, 0.4) is 0 Å². The second kappa shape index (κ2) is 7.13. The third-order valence-electron chi connectivity index (χ3n) is 2.40. The molecule has 1 amide bonds. The molecule has 0 bridgehead atoms. The van der Waals surface area contributed by atoms with Crippen LogP contribution in [-0.2, 0) is 4.79 Å². The van der Waals surface area contributed by atoms with E-state index in [2.05, 4.69) is 10.6 Å². The monoisotopic (exact) mass is 274 g/mol. The number of hydrogen-bond acceptors (Lipinski definition) is 2. The van der Waals surface area contributed by atoms with Gasteiger partial charge in [0.05, 0.1) is 5.69 Å². The van der Waals surface area contributed by atoms with Crippen molar-refractivity contribution < 1.29 is 18.0 Å². The van der Waals surface area contributed by atoms with Crippen molar-refractivity contribution in [3.05, 3.63) is 29.6 Å². The molecule has 0 radical (unpaired) electrons. The van der Waals surface area contributed by atoms with Crippen molar-refractivity contribution in [1.82, 2.24) is 5.32 Å². The SMILES string of the molecule is CC(C)NCCCC(=O)Nc1cc(F)cc(F)c1F. The maximum Gasteiger partial charge on any atom is 0.224 e. The quantitative estimate of drug-likeness (QED) is 0.618. The summed E-state index contributed by atoms with van der Waals surface area (Å²) in [6.45, 7) is 4.60. The predicted molar refractivity (Wildman–Crippen MR) is 67.3 cm³/mol. The first kappa shape index (κ1) is 15.5. The van der Waals surface area contributed by atoms with Crippen LogP contribution in [0.2, 0.25) is 0 Å². The Hall–Kier alpha value is -1.56. The van der Waals surface area contributed by atoms with Gasteiger partial charge in [0.2, 0.25) is 5.91 Å². The van der Waals surface area contributed by atoms with Crippen LogP contribution in [0.1, 0.15) is 26.7 Å². The van der Waals surface area contributed by atoms with Gasteiger partial charge in [-0.15, -0.1) is 0 Å². The normalized spacial score (nSPS) is 10.8. The van der Waals surface area contributed by atoms with E-state index in [9.17, 15) is 18.0 Å². The molecule has 0 aliphatic rings. The highest BCUT2D eigenvalue weighted by atomic mass is 19.2. The number of carbonyl (C=O) groups is 1. The van der Waals surface area contributed by atoms with Crippen molar-refractivity contribution in [2.45, 2.75) is 32.7 Å². The Labute approximate surface area is 110 Å². The van der Waals surface area contributed by atoms with Crippen molar-refractivity contribution in [3.63, 3.8) is 0 Å². The maximum absolute atomic E-state index is 13.3. The molecule has 1 aromatic rings. The van der Waals surface area contributed by atoms with Crippen molar-refractivity contribution in [2.75, 3.05) is 11.9 Å². The fourth-order valence-electron chi connectivity index (χ4n) is 1.50. The first-order valence-corrected chi connectivity index (χ1v) is 6.08. The molecule has 0 aromatic heterocycles. The molecule has 0 spiro atoms. The molecule has 0 saturated heterocycles. The Balaban J connectivity index is 2.49. The molecule has 19 heavy (non-hydrogen) atoms. The van der Waals surface area contributed by atoms with E-state index >= 15 is 0 Å². The van der Waals surface area contributed by atoms with Crippen LogP contribution in [0.5, 0.6) is 0 Å². The van der Waals surface area contributed by atoms with Crippen molar-refractivity contribution >= 4 is 11.6 Å². The zero-order valence-electron chi connectivity index (χ0n) is 10.9. The highest BCUT2D eigenvalue weighted by molar-refractivity contribution is 5.90. The first-order valence-electron chi connectivity index (χ1n) is 6.08. The van der Waals surface area contributed by atoms with Crippen LogP contribution < -0.4 is 10.6 Å². The lowest BCUT2D eigenvalue weighted by atomic mass is 10.2. The second-order valence-corrected chi connectivity index (χ2v) is 4.51. The topological polar surface area (TPSA) is 41.1 Å². The van der Waals surface area contributed by atoms with Crippen LogP contribution in [0, 0.1) is 17.5 Å². The number of anilines is 1. The highest BCUT2D eigenvalue weighted by Gasteiger charge is 2.13. The number of halogens is 3. The molecular formula is C13H17F3N2O. The average molecular weight is 274 g/mol. The molecule has 2 N–H and O–H groups in total. The second-order valence-electron chi connectivity index (χ2n) is 4.51. The largest absolute Gasteiger partial charge is 0.323 e. The Morgan fingerprint density at radius 1 is 1.26 bits per heavy atom. The third-order valence-corrected chi connectivity index (χ3v) is 2.40. The molecule has 0 fully saturated rings. The van der Waals surface area contributed by atoms with E-state index in [4.69, 9.17) is 0 Å². The molecule has 106 valence electrons. The lowest BCUT2D eigenvalue weighted by Gasteiger charge is -2.09. The molecule has 1 rings (SSSR count). The molecular weight excluding hydrogens is 257 g/mol. The number of amides is 1. The minimum absolute atomic E-state index is 0.150. The van der Waals surface area contributed by atoms with Gasteiger partial charge in [0.25, 0.3) is 0 Å². The first-order chi connectivity index (χ1) is 8.90. The minimum Gasteiger partial charge on any atom is -0.323 e. The van der Waals surface area contributed by atoms with Gasteiger partial charge in [-0.25, -0.2) is 13.2 Å². The smallest absolute Gasteiger partial charge is 0.224 e. The summed E-state index contributed by atoms with van der Waals surface area (Å²) in [4.78, 5) is 11.5. The number of hydrogen-bond donors (Lipinski definition) is 2. The fraction of sp³-hybridized carbons (Fsp3) is 0.462. The summed E-state index contributed by atoms with van der Waals surface area (Å²) in [6, 6.07) is 1.50. The number of rotatable bonds is 6. The van der Waals surface area contributed by atoms with Gasteiger partial charge in [-0.05, 0) is 13.0 Å². The summed E-state index contributed by atoms with van der Waals surface area (Å²) in [5, 5.41) is 5.28. The van der Waals surface area contributed by atoms with Gasteiger partial charge in [-0.3, -0.25) is 4.79 Å². The van der Waals surface area contributed by atoms with E-state index in [1.807, 2.05) is 13.8 Å². The van der Waals surface area contributed by atoms with E-state index in [0.717, 1.165) is 6.07 Å². The molecule has 0 atom stereocenters. The number of carbonyl (C=O) groups excluding carboxylic acids is 1. The lowest BCUT2D eigenvalue weighted by Crippen LogP contribution is -2.24. The summed E-state index contributed by atoms with van der Waals surface area (Å²) in [7, 11) is 0. The average Bonchev–Trinajstić information content (AvgIpc) is 2.31. The number of nitrogens with one attached hydrogen (secondary N) is 2. The van der Waals surface area contributed by atoms with Gasteiger partial charge in [0, 0.05) is 24.6 Å². The zero-order valence-corrected chi connectivity index (χ0v) is 10.9. The molecule has 1 aromatic carbocycles. The van der Waals surface area contributed by atoms with Crippen LogP contribution in [0.25, 0.3) is 0 Å². The summed E-state index contributed by atoms with van der Waals surface area (Å²) in [5.41, 5.74) is -0.473. The number of benzene rings is 1. The lowest BCUT2D eigenvalue weighted by molar-refractivity contribution is -0.116. The van der Waals surface area contributed by atoms with E-state index in [0.29, 0.717) is 25.1 Å². The predicted octanol–water partition coefficient (Wildman–Crippen LogP) is 2.82. The molecule has 3 nitrogen and oxygen atoms in total. The molecule has 0 saturated carbocycles. The van der Waals surface area contributed by atoms with Crippen LogP contribution >= 0.6 is 0 Å². The molecule has 0 heterocycles. The zero-order chi connectivity index (χ0) is 14.4. The standard InChI is InChI=1S/C13H17F3N2O/c1-8(2)17-5-3-4-12(19)18-11-7-9(14)6-10(15)13(11)16/h6-8,17H,3-5H2,1-2H3,(H,18,19). The summed E-state index contributed by atoms with van der Waals surface area (Å²) in [6.07, 6.45) is 0.709. The third kappa shape index (κ3) is 5.30. The molecule has 0 aliphatic heterocycles. The van der Waals surface area contributed by atoms with Gasteiger partial charge in [-0.1, -0.05) is 13.8 Å². The van der Waals surface area contributed by atoms with Gasteiger partial charge in [0.1, 0.15) is 5.82 Å². The Bertz CT molecular complexity index is 450. The molecule has 0 aliphatic carbocycles. The van der Waals surface area contributed by atoms with E-state index in [1.165, 1.54) is 0 Å². The maximum atomic E-state index is 13.3. The molecule has 0 unspecified atom stereocenters. The Morgan fingerprint density at radius 2 is 1.95 bits per heavy atom. The summed E-state index contributed by atoms with van der Waals surface area (Å²) >= 11 is 0. The molecule has 6 heteroatoms. The van der Waals surface area contributed by atoms with E-state index in [-0.39, 0.29) is 6.42 Å².